The number of carbonyl (C=O) groups is 1. The third-order valence-corrected chi connectivity index (χ3v) is 3.61. The quantitative estimate of drug-likeness (QED) is 0.712. The van der Waals surface area contributed by atoms with E-state index in [1.807, 2.05) is 31.2 Å². The van der Waals surface area contributed by atoms with Gasteiger partial charge in [-0.3, -0.25) is 4.98 Å². The predicted molar refractivity (Wildman–Crippen MR) is 92.1 cm³/mol. The lowest BCUT2D eigenvalue weighted by molar-refractivity contribution is 0.0527. The number of rotatable bonds is 4. The Hall–Kier alpha value is -2.95. The number of halogens is 1. The van der Waals surface area contributed by atoms with Crippen LogP contribution >= 0.6 is 0 Å². The minimum atomic E-state index is -0.466. The first-order valence-corrected chi connectivity index (χ1v) is 7.67. The lowest BCUT2D eigenvalue weighted by atomic mass is 10.1. The van der Waals surface area contributed by atoms with Gasteiger partial charge in [0.1, 0.15) is 11.4 Å². The lowest BCUT2D eigenvalue weighted by Crippen LogP contribution is -2.09. The summed E-state index contributed by atoms with van der Waals surface area (Å²) in [4.78, 5) is 16.4. The summed E-state index contributed by atoms with van der Waals surface area (Å²) in [5.41, 5.74) is 3.26. The van der Waals surface area contributed by atoms with E-state index in [0.717, 1.165) is 11.3 Å². The van der Waals surface area contributed by atoms with Gasteiger partial charge in [-0.25, -0.2) is 9.18 Å². The molecule has 0 saturated carbocycles. The van der Waals surface area contributed by atoms with Crippen LogP contribution in [0.15, 0.2) is 48.7 Å². The minimum Gasteiger partial charge on any atom is -0.462 e. The Balaban J connectivity index is 2.16. The molecule has 2 aromatic carbocycles. The van der Waals surface area contributed by atoms with Gasteiger partial charge in [-0.15, -0.1) is 0 Å². The first kappa shape index (κ1) is 15.9. The molecular weight excluding hydrogens is 307 g/mol. The van der Waals surface area contributed by atoms with Crippen molar-refractivity contribution in [2.75, 3.05) is 11.9 Å². The van der Waals surface area contributed by atoms with E-state index in [1.54, 1.807) is 13.0 Å². The first-order valence-electron chi connectivity index (χ1n) is 7.67. The molecule has 0 spiro atoms. The highest BCUT2D eigenvalue weighted by molar-refractivity contribution is 6.06. The molecule has 0 fully saturated rings. The van der Waals surface area contributed by atoms with Gasteiger partial charge in [0, 0.05) is 23.3 Å². The Kier molecular flexibility index (Phi) is 4.42. The maximum absolute atomic E-state index is 13.5. The average Bonchev–Trinajstić information content (AvgIpc) is 2.55. The molecule has 1 N–H and O–H groups in total. The maximum atomic E-state index is 13.5. The van der Waals surface area contributed by atoms with Crippen LogP contribution in [0.4, 0.5) is 15.8 Å². The fraction of sp³-hybridized carbons (Fsp3) is 0.158. The van der Waals surface area contributed by atoms with Crippen molar-refractivity contribution >= 4 is 28.2 Å². The monoisotopic (exact) mass is 324 g/mol. The number of fused-ring (bicyclic) bond motifs is 1. The van der Waals surface area contributed by atoms with Gasteiger partial charge in [0.25, 0.3) is 0 Å². The van der Waals surface area contributed by atoms with Crippen LogP contribution < -0.4 is 5.32 Å². The number of nitrogens with one attached hydrogen (secondary N) is 1. The molecule has 0 atom stereocenters. The number of nitrogens with zero attached hydrogens (tertiary/aromatic N) is 1. The minimum absolute atomic E-state index is 0.268. The fourth-order valence-electron chi connectivity index (χ4n) is 2.53. The van der Waals surface area contributed by atoms with Crippen molar-refractivity contribution in [3.8, 4) is 0 Å². The van der Waals surface area contributed by atoms with E-state index in [2.05, 4.69) is 10.3 Å². The Morgan fingerprint density at radius 2 is 2.08 bits per heavy atom. The zero-order valence-corrected chi connectivity index (χ0v) is 13.5. The maximum Gasteiger partial charge on any atom is 0.341 e. The molecule has 4 nitrogen and oxygen atoms in total. The molecule has 0 amide bonds. The molecular formula is C19H17FN2O2. The van der Waals surface area contributed by atoms with Gasteiger partial charge < -0.3 is 10.1 Å². The zero-order valence-electron chi connectivity index (χ0n) is 13.5. The van der Waals surface area contributed by atoms with E-state index in [1.165, 1.54) is 18.3 Å². The van der Waals surface area contributed by atoms with Crippen molar-refractivity contribution in [2.24, 2.45) is 0 Å². The number of esters is 1. The van der Waals surface area contributed by atoms with Crippen molar-refractivity contribution in [1.82, 2.24) is 4.98 Å². The van der Waals surface area contributed by atoms with Crippen molar-refractivity contribution in [3.63, 3.8) is 0 Å². The molecule has 0 saturated heterocycles. The van der Waals surface area contributed by atoms with E-state index in [0.29, 0.717) is 22.2 Å². The molecule has 0 aliphatic heterocycles. The normalized spacial score (nSPS) is 10.6. The van der Waals surface area contributed by atoms with Crippen LogP contribution in [0.2, 0.25) is 0 Å². The standard InChI is InChI=1S/C19H17FN2O2/c1-3-24-19(23)16-11-21-17-10-13(20)7-8-15(17)18(16)22-14-6-4-5-12(2)9-14/h4-11H,3H2,1-2H3,(H,21,22). The van der Waals surface area contributed by atoms with E-state index in [4.69, 9.17) is 4.74 Å². The van der Waals surface area contributed by atoms with Gasteiger partial charge in [-0.05, 0) is 43.7 Å². The second kappa shape index (κ2) is 6.66. The lowest BCUT2D eigenvalue weighted by Gasteiger charge is -2.14. The van der Waals surface area contributed by atoms with Gasteiger partial charge in [-0.1, -0.05) is 12.1 Å². The van der Waals surface area contributed by atoms with Crippen LogP contribution in [0.25, 0.3) is 10.9 Å². The molecule has 0 radical (unpaired) electrons. The molecule has 3 aromatic rings. The summed E-state index contributed by atoms with van der Waals surface area (Å²) in [5.74, 6) is -0.841. The van der Waals surface area contributed by atoms with Crippen LogP contribution in [0.3, 0.4) is 0 Å². The summed E-state index contributed by atoms with van der Waals surface area (Å²) < 4.78 is 18.6. The van der Waals surface area contributed by atoms with Crippen molar-refractivity contribution in [2.45, 2.75) is 13.8 Å². The highest BCUT2D eigenvalue weighted by atomic mass is 19.1. The van der Waals surface area contributed by atoms with Crippen LogP contribution in [0.1, 0.15) is 22.8 Å². The number of aryl methyl sites for hydroxylation is 1. The Morgan fingerprint density at radius 3 is 2.83 bits per heavy atom. The molecule has 1 heterocycles. The van der Waals surface area contributed by atoms with E-state index < -0.39 is 5.97 Å². The molecule has 1 aromatic heterocycles. The van der Waals surface area contributed by atoms with Gasteiger partial charge in [0.2, 0.25) is 0 Å². The highest BCUT2D eigenvalue weighted by Crippen LogP contribution is 2.30. The number of carbonyl (C=O) groups excluding carboxylic acids is 1. The topological polar surface area (TPSA) is 51.2 Å². The molecule has 0 unspecified atom stereocenters. The molecule has 0 bridgehead atoms. The van der Waals surface area contributed by atoms with Crippen LogP contribution in [0.5, 0.6) is 0 Å². The molecule has 3 rings (SSSR count). The molecule has 0 aliphatic carbocycles. The summed E-state index contributed by atoms with van der Waals surface area (Å²) >= 11 is 0. The Bertz CT molecular complexity index is 909. The largest absolute Gasteiger partial charge is 0.462 e. The molecule has 24 heavy (non-hydrogen) atoms. The van der Waals surface area contributed by atoms with Crippen LogP contribution in [0, 0.1) is 12.7 Å². The second-order valence-electron chi connectivity index (χ2n) is 5.42. The summed E-state index contributed by atoms with van der Waals surface area (Å²) in [6.45, 7) is 4.00. The average molecular weight is 324 g/mol. The summed E-state index contributed by atoms with van der Waals surface area (Å²) in [6, 6.07) is 12.1. The Morgan fingerprint density at radius 1 is 1.25 bits per heavy atom. The highest BCUT2D eigenvalue weighted by Gasteiger charge is 2.17. The molecule has 122 valence electrons. The smallest absolute Gasteiger partial charge is 0.341 e. The van der Waals surface area contributed by atoms with E-state index >= 15 is 0 Å². The van der Waals surface area contributed by atoms with Gasteiger partial charge in [-0.2, -0.15) is 0 Å². The fourth-order valence-corrected chi connectivity index (χ4v) is 2.53. The number of anilines is 2. The third-order valence-electron chi connectivity index (χ3n) is 3.61. The number of ether oxygens (including phenoxy) is 1. The SMILES string of the molecule is CCOC(=O)c1cnc2cc(F)ccc2c1Nc1cccc(C)c1. The molecule has 5 heteroatoms. The summed E-state index contributed by atoms with van der Waals surface area (Å²) in [6.07, 6.45) is 1.41. The molecule has 0 aliphatic rings. The number of benzene rings is 2. The van der Waals surface area contributed by atoms with Crippen molar-refractivity contribution in [1.29, 1.82) is 0 Å². The number of hydrogen-bond acceptors (Lipinski definition) is 4. The van der Waals surface area contributed by atoms with E-state index in [9.17, 15) is 9.18 Å². The van der Waals surface area contributed by atoms with Crippen molar-refractivity contribution in [3.05, 3.63) is 65.6 Å². The van der Waals surface area contributed by atoms with E-state index in [-0.39, 0.29) is 12.4 Å². The Labute approximate surface area is 139 Å². The number of pyridine rings is 1. The predicted octanol–water partition coefficient (Wildman–Crippen LogP) is 4.60. The van der Waals surface area contributed by atoms with Gasteiger partial charge >= 0.3 is 5.97 Å². The second-order valence-corrected chi connectivity index (χ2v) is 5.42. The number of hydrogen-bond donors (Lipinski definition) is 1. The van der Waals surface area contributed by atoms with Crippen LogP contribution in [-0.4, -0.2) is 17.6 Å². The zero-order chi connectivity index (χ0) is 17.1. The van der Waals surface area contributed by atoms with Gasteiger partial charge in [0.15, 0.2) is 0 Å². The first-order chi connectivity index (χ1) is 11.6. The van der Waals surface area contributed by atoms with Gasteiger partial charge in [0.05, 0.1) is 17.8 Å². The van der Waals surface area contributed by atoms with Crippen LogP contribution in [-0.2, 0) is 4.74 Å². The summed E-state index contributed by atoms with van der Waals surface area (Å²) in [7, 11) is 0. The summed E-state index contributed by atoms with van der Waals surface area (Å²) in [5, 5.41) is 3.91. The third kappa shape index (κ3) is 3.20. The number of aromatic nitrogens is 1. The van der Waals surface area contributed by atoms with Crippen molar-refractivity contribution < 1.29 is 13.9 Å².